The van der Waals surface area contributed by atoms with Gasteiger partial charge in [0.15, 0.2) is 6.19 Å². The van der Waals surface area contributed by atoms with E-state index in [-0.39, 0.29) is 5.56 Å². The van der Waals surface area contributed by atoms with E-state index in [1.54, 1.807) is 11.0 Å². The summed E-state index contributed by atoms with van der Waals surface area (Å²) in [7, 11) is 0. The molecule has 0 spiro atoms. The maximum atomic E-state index is 13.4. The summed E-state index contributed by atoms with van der Waals surface area (Å²) in [5, 5.41) is 9.03. The molecule has 4 nitrogen and oxygen atoms in total. The molecular weight excluding hydrogens is 269 g/mol. The van der Waals surface area contributed by atoms with Gasteiger partial charge in [-0.1, -0.05) is 24.3 Å². The van der Waals surface area contributed by atoms with Gasteiger partial charge in [-0.25, -0.2) is 4.39 Å². The van der Waals surface area contributed by atoms with Crippen LogP contribution in [0.3, 0.4) is 0 Å². The van der Waals surface area contributed by atoms with Gasteiger partial charge in [0.05, 0.1) is 13.1 Å². The van der Waals surface area contributed by atoms with Gasteiger partial charge < -0.3 is 10.6 Å². The number of nitriles is 1. The quantitative estimate of drug-likeness (QED) is 0.859. The monoisotopic (exact) mass is 281 g/mol. The lowest BCUT2D eigenvalue weighted by atomic mass is 9.93. The topological polar surface area (TPSA) is 70.1 Å². The smallest absolute Gasteiger partial charge is 0.249 e. The first-order chi connectivity index (χ1) is 10.1. The van der Waals surface area contributed by atoms with E-state index in [4.69, 9.17) is 11.0 Å². The van der Waals surface area contributed by atoms with Crippen molar-refractivity contribution >= 4 is 5.91 Å². The van der Waals surface area contributed by atoms with Gasteiger partial charge in [-0.15, -0.1) is 0 Å². The fourth-order valence-electron chi connectivity index (χ4n) is 2.70. The highest BCUT2D eigenvalue weighted by molar-refractivity contribution is 6.00. The van der Waals surface area contributed by atoms with Gasteiger partial charge in [0.1, 0.15) is 5.82 Å². The lowest BCUT2D eigenvalue weighted by Crippen LogP contribution is -2.13. The van der Waals surface area contributed by atoms with Crippen molar-refractivity contribution in [3.8, 4) is 17.3 Å². The third kappa shape index (κ3) is 2.21. The molecule has 0 unspecified atom stereocenters. The lowest BCUT2D eigenvalue weighted by molar-refractivity contribution is 0.100. The largest absolute Gasteiger partial charge is 0.366 e. The number of benzene rings is 2. The molecule has 0 aromatic heterocycles. The van der Waals surface area contributed by atoms with Crippen molar-refractivity contribution in [2.45, 2.75) is 13.1 Å². The van der Waals surface area contributed by atoms with E-state index in [9.17, 15) is 9.18 Å². The normalized spacial score (nSPS) is 12.9. The van der Waals surface area contributed by atoms with E-state index in [1.807, 2.05) is 18.2 Å². The fraction of sp³-hybridized carbons (Fsp3) is 0.125. The summed E-state index contributed by atoms with van der Waals surface area (Å²) in [5.41, 5.74) is 8.93. The predicted molar refractivity (Wildman–Crippen MR) is 75.2 cm³/mol. The van der Waals surface area contributed by atoms with Gasteiger partial charge in [-0.05, 0) is 34.4 Å². The predicted octanol–water partition coefficient (Wildman–Crippen LogP) is 2.39. The van der Waals surface area contributed by atoms with Crippen LogP contribution in [0.5, 0.6) is 0 Å². The second kappa shape index (κ2) is 4.91. The number of carbonyl (C=O) groups excluding carboxylic acids is 1. The highest BCUT2D eigenvalue weighted by Crippen LogP contribution is 2.34. The number of hydrogen-bond acceptors (Lipinski definition) is 3. The van der Waals surface area contributed by atoms with Gasteiger partial charge in [0.2, 0.25) is 5.91 Å². The molecule has 2 aromatic carbocycles. The molecule has 2 aromatic rings. The summed E-state index contributed by atoms with van der Waals surface area (Å²) in [4.78, 5) is 13.2. The Balaban J connectivity index is 2.18. The van der Waals surface area contributed by atoms with Gasteiger partial charge in [-0.2, -0.15) is 5.26 Å². The Morgan fingerprint density at radius 2 is 2.05 bits per heavy atom. The molecule has 2 N–H and O–H groups in total. The molecule has 104 valence electrons. The van der Waals surface area contributed by atoms with Crippen LogP contribution < -0.4 is 5.73 Å². The van der Waals surface area contributed by atoms with Crippen LogP contribution in [0.15, 0.2) is 36.4 Å². The van der Waals surface area contributed by atoms with E-state index < -0.39 is 11.7 Å². The average molecular weight is 281 g/mol. The molecule has 1 amide bonds. The maximum Gasteiger partial charge on any atom is 0.249 e. The van der Waals surface area contributed by atoms with Crippen LogP contribution in [0.2, 0.25) is 0 Å². The number of amides is 1. The maximum absolute atomic E-state index is 13.4. The van der Waals surface area contributed by atoms with Crippen LogP contribution in [-0.4, -0.2) is 10.8 Å². The van der Waals surface area contributed by atoms with Crippen LogP contribution in [0.4, 0.5) is 4.39 Å². The van der Waals surface area contributed by atoms with Gasteiger partial charge in [0.25, 0.3) is 0 Å². The number of nitrogens with zero attached hydrogens (tertiary/aromatic N) is 2. The lowest BCUT2D eigenvalue weighted by Gasteiger charge is -2.11. The van der Waals surface area contributed by atoms with E-state index in [0.717, 1.165) is 22.8 Å². The Morgan fingerprint density at radius 1 is 1.24 bits per heavy atom. The minimum atomic E-state index is -0.669. The third-order valence-electron chi connectivity index (χ3n) is 3.66. The highest BCUT2D eigenvalue weighted by Gasteiger charge is 2.23. The molecule has 5 heteroatoms. The van der Waals surface area contributed by atoms with E-state index in [2.05, 4.69) is 6.19 Å². The summed E-state index contributed by atoms with van der Waals surface area (Å²) in [6.07, 6.45) is 2.12. The van der Waals surface area contributed by atoms with Crippen LogP contribution in [0, 0.1) is 17.3 Å². The van der Waals surface area contributed by atoms with Crippen molar-refractivity contribution in [2.24, 2.45) is 5.73 Å². The van der Waals surface area contributed by atoms with Crippen molar-refractivity contribution in [3.05, 3.63) is 58.9 Å². The number of rotatable bonds is 2. The van der Waals surface area contributed by atoms with Crippen molar-refractivity contribution in [2.75, 3.05) is 0 Å². The summed E-state index contributed by atoms with van der Waals surface area (Å²) >= 11 is 0. The summed E-state index contributed by atoms with van der Waals surface area (Å²) in [6, 6.07) is 9.68. The molecule has 0 saturated heterocycles. The molecular formula is C16H12FN3O. The average Bonchev–Trinajstić information content (AvgIpc) is 2.90. The first-order valence-corrected chi connectivity index (χ1v) is 6.45. The first-order valence-electron chi connectivity index (χ1n) is 6.45. The SMILES string of the molecule is N#CN1Cc2cccc(-c3ccc(F)cc3C(N)=O)c2C1. The number of fused-ring (bicyclic) bond motifs is 1. The van der Waals surface area contributed by atoms with Crippen molar-refractivity contribution < 1.29 is 9.18 Å². The third-order valence-corrected chi connectivity index (χ3v) is 3.66. The Labute approximate surface area is 121 Å². The molecule has 0 saturated carbocycles. The van der Waals surface area contributed by atoms with Crippen LogP contribution in [-0.2, 0) is 13.1 Å². The van der Waals surface area contributed by atoms with Gasteiger partial charge in [-0.3, -0.25) is 4.79 Å². The number of primary amides is 1. The molecule has 0 radical (unpaired) electrons. The molecule has 1 heterocycles. The first kappa shape index (κ1) is 13.1. The minimum Gasteiger partial charge on any atom is -0.366 e. The van der Waals surface area contributed by atoms with Crippen LogP contribution in [0.1, 0.15) is 21.5 Å². The summed E-state index contributed by atoms with van der Waals surface area (Å²) in [6.45, 7) is 1.03. The van der Waals surface area contributed by atoms with E-state index >= 15 is 0 Å². The van der Waals surface area contributed by atoms with E-state index in [1.165, 1.54) is 6.07 Å². The number of hydrogen-bond donors (Lipinski definition) is 1. The Hall–Kier alpha value is -2.87. The number of halogens is 1. The molecule has 0 bridgehead atoms. The molecule has 0 aliphatic carbocycles. The van der Waals surface area contributed by atoms with Gasteiger partial charge in [0, 0.05) is 5.56 Å². The molecule has 1 aliphatic heterocycles. The molecule has 0 atom stereocenters. The zero-order valence-corrected chi connectivity index (χ0v) is 11.1. The summed E-state index contributed by atoms with van der Waals surface area (Å²) < 4.78 is 13.4. The number of nitrogens with two attached hydrogens (primary N) is 1. The highest BCUT2D eigenvalue weighted by atomic mass is 19.1. The van der Waals surface area contributed by atoms with Crippen LogP contribution in [0.25, 0.3) is 11.1 Å². The molecule has 0 fully saturated rings. The van der Waals surface area contributed by atoms with Crippen molar-refractivity contribution in [3.63, 3.8) is 0 Å². The summed E-state index contributed by atoms with van der Waals surface area (Å²) in [5.74, 6) is -1.17. The Kier molecular flexibility index (Phi) is 3.07. The molecule has 1 aliphatic rings. The Morgan fingerprint density at radius 3 is 2.76 bits per heavy atom. The van der Waals surface area contributed by atoms with Crippen LogP contribution >= 0.6 is 0 Å². The zero-order chi connectivity index (χ0) is 15.0. The number of carbonyl (C=O) groups is 1. The van der Waals surface area contributed by atoms with Crippen molar-refractivity contribution in [1.29, 1.82) is 5.26 Å². The molecule has 21 heavy (non-hydrogen) atoms. The molecule has 3 rings (SSSR count). The standard InChI is InChI=1S/C16H12FN3O/c17-11-4-5-13(14(6-11)16(19)21)12-3-1-2-10-7-20(9-18)8-15(10)12/h1-6H,7-8H2,(H2,19,21). The van der Waals surface area contributed by atoms with Crippen molar-refractivity contribution in [1.82, 2.24) is 4.90 Å². The minimum absolute atomic E-state index is 0.152. The zero-order valence-electron chi connectivity index (χ0n) is 11.1. The second-order valence-electron chi connectivity index (χ2n) is 4.95. The van der Waals surface area contributed by atoms with Gasteiger partial charge >= 0.3 is 0 Å². The fourth-order valence-corrected chi connectivity index (χ4v) is 2.70. The second-order valence-corrected chi connectivity index (χ2v) is 4.95. The Bertz CT molecular complexity index is 780. The van der Waals surface area contributed by atoms with E-state index in [0.29, 0.717) is 18.7 Å².